The molecule has 0 bridgehead atoms. The van der Waals surface area contributed by atoms with Crippen molar-refractivity contribution in [1.82, 2.24) is 0 Å². The van der Waals surface area contributed by atoms with Gasteiger partial charge in [-0.2, -0.15) is 0 Å². The first-order valence-electron chi connectivity index (χ1n) is 3.88. The zero-order valence-corrected chi connectivity index (χ0v) is 8.74. The minimum Gasteiger partial charge on any atom is -0.281 e. The summed E-state index contributed by atoms with van der Waals surface area (Å²) >= 11 is 2.82. The van der Waals surface area contributed by atoms with Crippen LogP contribution in [-0.2, 0) is 0 Å². The first-order chi connectivity index (χ1) is 6.31. The summed E-state index contributed by atoms with van der Waals surface area (Å²) < 4.78 is 1.18. The lowest BCUT2D eigenvalue weighted by atomic mass is 10.2. The van der Waals surface area contributed by atoms with Gasteiger partial charge in [-0.15, -0.1) is 11.3 Å². The third kappa shape index (κ3) is 1.62. The van der Waals surface area contributed by atoms with Crippen molar-refractivity contribution < 1.29 is 4.79 Å². The Kier molecular flexibility index (Phi) is 2.38. The lowest BCUT2D eigenvalue weighted by Gasteiger charge is -1.86. The highest BCUT2D eigenvalue weighted by Gasteiger charge is 2.07. The van der Waals surface area contributed by atoms with Gasteiger partial charge in [0.25, 0.3) is 0 Å². The van der Waals surface area contributed by atoms with Gasteiger partial charge in [0, 0.05) is 4.70 Å². The van der Waals surface area contributed by atoms with E-state index in [-0.39, 0.29) is 5.12 Å². The molecule has 0 amide bonds. The lowest BCUT2D eigenvalue weighted by Crippen LogP contribution is -1.84. The maximum atomic E-state index is 11.4. The fraction of sp³-hybridized carbons (Fsp3) is 0.100. The Hall–Kier alpha value is -0.800. The first-order valence-corrected chi connectivity index (χ1v) is 5.92. The van der Waals surface area contributed by atoms with E-state index in [0.29, 0.717) is 0 Å². The van der Waals surface area contributed by atoms with E-state index in [1.807, 2.05) is 36.6 Å². The van der Waals surface area contributed by atoms with Crippen LogP contribution in [0.1, 0.15) is 9.67 Å². The minimum absolute atomic E-state index is 0.154. The van der Waals surface area contributed by atoms with Crippen LogP contribution < -0.4 is 0 Å². The zero-order valence-electron chi connectivity index (χ0n) is 7.11. The number of thiophene rings is 1. The molecule has 0 N–H and O–H groups in total. The third-order valence-electron chi connectivity index (χ3n) is 1.81. The standard InChI is InChI=1S/C10H8OS2/c1-12-10(11)9-6-7-4-2-3-5-8(7)13-9/h2-6H,1H3. The number of carbonyl (C=O) groups is 1. The Labute approximate surface area is 84.8 Å². The highest BCUT2D eigenvalue weighted by atomic mass is 32.2. The summed E-state index contributed by atoms with van der Waals surface area (Å²) in [5, 5.41) is 1.31. The Morgan fingerprint density at radius 2 is 2.15 bits per heavy atom. The number of rotatable bonds is 1. The summed E-state index contributed by atoms with van der Waals surface area (Å²) in [6.45, 7) is 0. The SMILES string of the molecule is CSC(=O)c1cc2ccccc2s1. The fourth-order valence-corrected chi connectivity index (χ4v) is 2.72. The number of benzene rings is 1. The predicted molar refractivity (Wildman–Crippen MR) is 59.7 cm³/mol. The van der Waals surface area contributed by atoms with Gasteiger partial charge in [-0.25, -0.2) is 0 Å². The van der Waals surface area contributed by atoms with E-state index in [1.54, 1.807) is 11.3 Å². The van der Waals surface area contributed by atoms with E-state index < -0.39 is 0 Å². The normalized spacial score (nSPS) is 10.5. The molecule has 0 fully saturated rings. The Balaban J connectivity index is 2.56. The monoisotopic (exact) mass is 208 g/mol. The number of hydrogen-bond donors (Lipinski definition) is 0. The second-order valence-electron chi connectivity index (χ2n) is 2.64. The molecule has 0 spiro atoms. The van der Waals surface area contributed by atoms with Crippen LogP contribution >= 0.6 is 23.1 Å². The predicted octanol–water partition coefficient (Wildman–Crippen LogP) is 3.40. The number of fused-ring (bicyclic) bond motifs is 1. The van der Waals surface area contributed by atoms with Crippen molar-refractivity contribution in [2.75, 3.05) is 6.26 Å². The molecular formula is C10H8OS2. The first kappa shape index (κ1) is 8.78. The summed E-state index contributed by atoms with van der Waals surface area (Å²) in [4.78, 5) is 12.2. The van der Waals surface area contributed by atoms with Crippen molar-refractivity contribution >= 4 is 38.3 Å². The molecule has 0 aliphatic rings. The van der Waals surface area contributed by atoms with Gasteiger partial charge in [-0.3, -0.25) is 4.79 Å². The van der Waals surface area contributed by atoms with Crippen molar-refractivity contribution in [1.29, 1.82) is 0 Å². The second kappa shape index (κ2) is 3.52. The Morgan fingerprint density at radius 1 is 1.38 bits per heavy atom. The Morgan fingerprint density at radius 3 is 2.85 bits per heavy atom. The molecule has 0 saturated carbocycles. The van der Waals surface area contributed by atoms with Gasteiger partial charge in [0.15, 0.2) is 0 Å². The van der Waals surface area contributed by atoms with E-state index in [1.165, 1.54) is 16.5 Å². The van der Waals surface area contributed by atoms with Crippen molar-refractivity contribution in [2.24, 2.45) is 0 Å². The largest absolute Gasteiger partial charge is 0.281 e. The van der Waals surface area contributed by atoms with Crippen LogP contribution in [0.3, 0.4) is 0 Å². The van der Waals surface area contributed by atoms with Gasteiger partial charge in [0.1, 0.15) is 0 Å². The maximum Gasteiger partial charge on any atom is 0.229 e. The fourth-order valence-electron chi connectivity index (χ4n) is 1.18. The molecule has 2 aromatic rings. The summed E-state index contributed by atoms with van der Waals surface area (Å²) in [5.41, 5.74) is 0. The van der Waals surface area contributed by atoms with Gasteiger partial charge < -0.3 is 0 Å². The van der Waals surface area contributed by atoms with Crippen molar-refractivity contribution in [3.8, 4) is 0 Å². The molecule has 3 heteroatoms. The second-order valence-corrected chi connectivity index (χ2v) is 4.50. The van der Waals surface area contributed by atoms with E-state index in [9.17, 15) is 4.79 Å². The molecule has 1 heterocycles. The molecule has 0 unspecified atom stereocenters. The summed E-state index contributed by atoms with van der Waals surface area (Å²) in [7, 11) is 0. The molecule has 0 saturated heterocycles. The quantitative estimate of drug-likeness (QED) is 0.714. The van der Waals surface area contributed by atoms with Gasteiger partial charge in [0.05, 0.1) is 4.88 Å². The van der Waals surface area contributed by atoms with Crippen molar-refractivity contribution in [2.45, 2.75) is 0 Å². The average molecular weight is 208 g/mol. The molecule has 0 atom stereocenters. The summed E-state index contributed by atoms with van der Waals surface area (Å²) in [5.74, 6) is 0. The highest BCUT2D eigenvalue weighted by Crippen LogP contribution is 2.27. The molecule has 2 rings (SSSR count). The van der Waals surface area contributed by atoms with Crippen LogP contribution in [0.25, 0.3) is 10.1 Å². The lowest BCUT2D eigenvalue weighted by molar-refractivity contribution is 0.109. The van der Waals surface area contributed by atoms with Gasteiger partial charge in [-0.1, -0.05) is 30.0 Å². The summed E-state index contributed by atoms with van der Waals surface area (Å²) in [6.07, 6.45) is 1.81. The van der Waals surface area contributed by atoms with Crippen LogP contribution in [0, 0.1) is 0 Å². The average Bonchev–Trinajstić information content (AvgIpc) is 2.59. The topological polar surface area (TPSA) is 17.1 Å². The number of hydrogen-bond acceptors (Lipinski definition) is 3. The third-order valence-corrected chi connectivity index (χ3v) is 3.65. The maximum absolute atomic E-state index is 11.4. The summed E-state index contributed by atoms with van der Waals surface area (Å²) in [6, 6.07) is 10.0. The molecule has 0 aliphatic carbocycles. The van der Waals surface area contributed by atoms with Crippen LogP contribution in [0.5, 0.6) is 0 Å². The van der Waals surface area contributed by atoms with Gasteiger partial charge in [0.2, 0.25) is 5.12 Å². The molecular weight excluding hydrogens is 200 g/mol. The van der Waals surface area contributed by atoms with Crippen LogP contribution in [0.4, 0.5) is 0 Å². The molecule has 0 radical (unpaired) electrons. The number of thioether (sulfide) groups is 1. The van der Waals surface area contributed by atoms with Crippen LogP contribution in [0.15, 0.2) is 30.3 Å². The minimum atomic E-state index is 0.154. The smallest absolute Gasteiger partial charge is 0.229 e. The molecule has 1 aromatic carbocycles. The Bertz CT molecular complexity index is 412. The van der Waals surface area contributed by atoms with Crippen molar-refractivity contribution in [3.05, 3.63) is 35.2 Å². The van der Waals surface area contributed by atoms with Gasteiger partial charge in [-0.05, 0) is 23.8 Å². The molecule has 66 valence electrons. The number of carbonyl (C=O) groups excluding carboxylic acids is 1. The zero-order chi connectivity index (χ0) is 9.26. The van der Waals surface area contributed by atoms with Crippen LogP contribution in [-0.4, -0.2) is 11.4 Å². The molecule has 1 nitrogen and oxygen atoms in total. The van der Waals surface area contributed by atoms with E-state index in [0.717, 1.165) is 10.3 Å². The van der Waals surface area contributed by atoms with E-state index in [2.05, 4.69) is 0 Å². The molecule has 13 heavy (non-hydrogen) atoms. The van der Waals surface area contributed by atoms with E-state index in [4.69, 9.17) is 0 Å². The van der Waals surface area contributed by atoms with E-state index >= 15 is 0 Å². The van der Waals surface area contributed by atoms with Crippen LogP contribution in [0.2, 0.25) is 0 Å². The molecule has 1 aromatic heterocycles. The highest BCUT2D eigenvalue weighted by molar-refractivity contribution is 8.13. The van der Waals surface area contributed by atoms with Crippen molar-refractivity contribution in [3.63, 3.8) is 0 Å². The van der Waals surface area contributed by atoms with Gasteiger partial charge >= 0.3 is 0 Å². The molecule has 0 aliphatic heterocycles.